The third-order valence-electron chi connectivity index (χ3n) is 3.80. The number of para-hydroxylation sites is 2. The van der Waals surface area contributed by atoms with Crippen molar-refractivity contribution < 1.29 is 9.21 Å². The van der Waals surface area contributed by atoms with Gasteiger partial charge >= 0.3 is 11.7 Å². The molecule has 0 atom stereocenters. The van der Waals surface area contributed by atoms with Gasteiger partial charge in [0.15, 0.2) is 5.69 Å². The minimum atomic E-state index is -0.602. The Balaban J connectivity index is 1.96. The molecule has 1 aromatic heterocycles. The molecule has 6 nitrogen and oxygen atoms in total. The highest BCUT2D eigenvalue weighted by Crippen LogP contribution is 2.28. The maximum Gasteiger partial charge on any atom is 0.362 e. The van der Waals surface area contributed by atoms with Crippen molar-refractivity contribution in [1.82, 2.24) is 0 Å². The first-order chi connectivity index (χ1) is 12.1. The number of hydrogen-bond donors (Lipinski definition) is 3. The lowest BCUT2D eigenvalue weighted by Crippen LogP contribution is -2.25. The topological polar surface area (TPSA) is 83.4 Å². The number of hydrogen-bond acceptors (Lipinski definition) is 4. The number of aryl methyl sites for hydroxylation is 1. The molecule has 3 aromatic rings. The average Bonchev–Trinajstić information content (AvgIpc) is 2.60. The number of rotatable bonds is 4. The molecule has 1 heterocycles. The fourth-order valence-electron chi connectivity index (χ4n) is 2.60. The summed E-state index contributed by atoms with van der Waals surface area (Å²) in [5.74, 6) is 0. The summed E-state index contributed by atoms with van der Waals surface area (Å²) in [5, 5.41) is 9.23. The Labute approximate surface area is 144 Å². The molecule has 128 valence electrons. The summed E-state index contributed by atoms with van der Waals surface area (Å²) in [7, 11) is 0. The van der Waals surface area contributed by atoms with Crippen LogP contribution in [0.15, 0.2) is 57.7 Å². The molecule has 2 amide bonds. The van der Waals surface area contributed by atoms with Crippen LogP contribution in [0.5, 0.6) is 0 Å². The standard InChI is InChI=1S/C19H19N3O3/c1-3-20-16-13-9-5-7-11-15(13)25-18(23)17(16)22-19(24)21-14-10-6-4-8-12(14)2/h4-11,20H,3H2,1-2H3,(H2,21,22,24). The molecule has 0 bridgehead atoms. The second-order valence-electron chi connectivity index (χ2n) is 5.56. The number of nitrogens with one attached hydrogen (secondary N) is 3. The molecule has 6 heteroatoms. The van der Waals surface area contributed by atoms with E-state index in [-0.39, 0.29) is 5.69 Å². The van der Waals surface area contributed by atoms with Gasteiger partial charge in [-0.3, -0.25) is 5.32 Å². The van der Waals surface area contributed by atoms with Crippen LogP contribution in [-0.2, 0) is 0 Å². The Bertz CT molecular complexity index is 979. The second kappa shape index (κ2) is 7.09. The molecule has 0 aliphatic carbocycles. The lowest BCUT2D eigenvalue weighted by molar-refractivity contribution is 0.262. The first-order valence-corrected chi connectivity index (χ1v) is 8.03. The largest absolute Gasteiger partial charge is 0.421 e. The highest BCUT2D eigenvalue weighted by Gasteiger charge is 2.16. The molecule has 0 radical (unpaired) electrons. The maximum absolute atomic E-state index is 12.3. The number of carbonyl (C=O) groups excluding carboxylic acids is 1. The zero-order valence-corrected chi connectivity index (χ0v) is 14.1. The number of amides is 2. The Morgan fingerprint density at radius 1 is 1.00 bits per heavy atom. The number of fused-ring (bicyclic) bond motifs is 1. The molecule has 3 rings (SSSR count). The van der Waals surface area contributed by atoms with Crippen molar-refractivity contribution >= 4 is 34.1 Å². The molecular weight excluding hydrogens is 318 g/mol. The van der Waals surface area contributed by atoms with Crippen LogP contribution in [0, 0.1) is 6.92 Å². The Hall–Kier alpha value is -3.28. The first kappa shape index (κ1) is 16.6. The smallest absolute Gasteiger partial charge is 0.362 e. The minimum Gasteiger partial charge on any atom is -0.421 e. The van der Waals surface area contributed by atoms with Gasteiger partial charge in [0.05, 0.1) is 5.69 Å². The zero-order valence-electron chi connectivity index (χ0n) is 14.1. The number of anilines is 3. The van der Waals surface area contributed by atoms with Gasteiger partial charge in [-0.2, -0.15) is 0 Å². The minimum absolute atomic E-state index is 0.0895. The lowest BCUT2D eigenvalue weighted by atomic mass is 10.2. The van der Waals surface area contributed by atoms with E-state index in [9.17, 15) is 9.59 Å². The third kappa shape index (κ3) is 3.47. The summed E-state index contributed by atoms with van der Waals surface area (Å²) >= 11 is 0. The van der Waals surface area contributed by atoms with Gasteiger partial charge < -0.3 is 15.1 Å². The SMILES string of the molecule is CCNc1c(NC(=O)Nc2ccccc2C)c(=O)oc2ccccc12. The summed E-state index contributed by atoms with van der Waals surface area (Å²) < 4.78 is 5.32. The van der Waals surface area contributed by atoms with Crippen LogP contribution in [-0.4, -0.2) is 12.6 Å². The molecule has 0 saturated heterocycles. The Morgan fingerprint density at radius 2 is 1.72 bits per heavy atom. The highest BCUT2D eigenvalue weighted by molar-refractivity contribution is 6.05. The fourth-order valence-corrected chi connectivity index (χ4v) is 2.60. The van der Waals surface area contributed by atoms with Crippen molar-refractivity contribution in [3.63, 3.8) is 0 Å². The van der Waals surface area contributed by atoms with Gasteiger partial charge in [0.2, 0.25) is 0 Å². The summed E-state index contributed by atoms with van der Waals surface area (Å²) in [5.41, 5.74) is 2.11. The predicted octanol–water partition coefficient (Wildman–Crippen LogP) is 4.18. The summed E-state index contributed by atoms with van der Waals surface area (Å²) in [4.78, 5) is 24.7. The monoisotopic (exact) mass is 337 g/mol. The van der Waals surface area contributed by atoms with E-state index in [2.05, 4.69) is 16.0 Å². The number of benzene rings is 2. The molecule has 0 spiro atoms. The van der Waals surface area contributed by atoms with E-state index in [1.165, 1.54) is 0 Å². The molecule has 2 aromatic carbocycles. The summed E-state index contributed by atoms with van der Waals surface area (Å²) in [6, 6.07) is 14.1. The molecule has 0 saturated carbocycles. The van der Waals surface area contributed by atoms with E-state index < -0.39 is 11.7 Å². The summed E-state index contributed by atoms with van der Waals surface area (Å²) in [6.45, 7) is 4.41. The van der Waals surface area contributed by atoms with Crippen LogP contribution in [0.1, 0.15) is 12.5 Å². The third-order valence-corrected chi connectivity index (χ3v) is 3.80. The zero-order chi connectivity index (χ0) is 17.8. The van der Waals surface area contributed by atoms with Crippen molar-refractivity contribution in [3.8, 4) is 0 Å². The van der Waals surface area contributed by atoms with Gasteiger partial charge in [-0.25, -0.2) is 9.59 Å². The van der Waals surface area contributed by atoms with E-state index in [4.69, 9.17) is 4.42 Å². The number of carbonyl (C=O) groups is 1. The fraction of sp³-hybridized carbons (Fsp3) is 0.158. The van der Waals surface area contributed by atoms with Gasteiger partial charge in [-0.1, -0.05) is 30.3 Å². The van der Waals surface area contributed by atoms with Crippen LogP contribution in [0.3, 0.4) is 0 Å². The van der Waals surface area contributed by atoms with Crippen LogP contribution in [0.25, 0.3) is 11.0 Å². The van der Waals surface area contributed by atoms with Gasteiger partial charge in [-0.05, 0) is 37.6 Å². The maximum atomic E-state index is 12.3. The normalized spacial score (nSPS) is 10.5. The van der Waals surface area contributed by atoms with E-state index >= 15 is 0 Å². The van der Waals surface area contributed by atoms with E-state index in [1.54, 1.807) is 18.2 Å². The molecule has 0 aliphatic rings. The Kier molecular flexibility index (Phi) is 4.70. The van der Waals surface area contributed by atoms with Crippen molar-refractivity contribution in [2.75, 3.05) is 22.5 Å². The number of urea groups is 1. The van der Waals surface area contributed by atoms with Gasteiger partial charge in [0, 0.05) is 17.6 Å². The second-order valence-corrected chi connectivity index (χ2v) is 5.56. The van der Waals surface area contributed by atoms with E-state index in [0.717, 1.165) is 10.9 Å². The quantitative estimate of drug-likeness (QED) is 0.624. The van der Waals surface area contributed by atoms with Crippen molar-refractivity contribution in [2.45, 2.75) is 13.8 Å². The van der Waals surface area contributed by atoms with Crippen LogP contribution in [0.2, 0.25) is 0 Å². The molecule has 0 unspecified atom stereocenters. The molecular formula is C19H19N3O3. The Morgan fingerprint density at radius 3 is 2.48 bits per heavy atom. The van der Waals surface area contributed by atoms with Crippen molar-refractivity contribution in [2.24, 2.45) is 0 Å². The first-order valence-electron chi connectivity index (χ1n) is 8.03. The van der Waals surface area contributed by atoms with Gasteiger partial charge in [0.1, 0.15) is 5.58 Å². The van der Waals surface area contributed by atoms with E-state index in [0.29, 0.717) is 23.5 Å². The molecule has 0 aliphatic heterocycles. The summed E-state index contributed by atoms with van der Waals surface area (Å²) in [6.07, 6.45) is 0. The van der Waals surface area contributed by atoms with Crippen LogP contribution in [0.4, 0.5) is 21.9 Å². The van der Waals surface area contributed by atoms with Gasteiger partial charge in [-0.15, -0.1) is 0 Å². The van der Waals surface area contributed by atoms with Crippen molar-refractivity contribution in [1.29, 1.82) is 0 Å². The van der Waals surface area contributed by atoms with E-state index in [1.807, 2.05) is 44.2 Å². The van der Waals surface area contributed by atoms with Crippen LogP contribution < -0.4 is 21.6 Å². The average molecular weight is 337 g/mol. The predicted molar refractivity (Wildman–Crippen MR) is 100 cm³/mol. The van der Waals surface area contributed by atoms with Crippen molar-refractivity contribution in [3.05, 3.63) is 64.5 Å². The molecule has 3 N–H and O–H groups in total. The lowest BCUT2D eigenvalue weighted by Gasteiger charge is -2.14. The molecule has 25 heavy (non-hydrogen) atoms. The van der Waals surface area contributed by atoms with Gasteiger partial charge in [0.25, 0.3) is 0 Å². The van der Waals surface area contributed by atoms with Crippen LogP contribution >= 0.6 is 0 Å². The highest BCUT2D eigenvalue weighted by atomic mass is 16.4. The molecule has 0 fully saturated rings.